The van der Waals surface area contributed by atoms with Crippen LogP contribution >= 0.6 is 12.4 Å². The van der Waals surface area contributed by atoms with Crippen molar-refractivity contribution in [2.45, 2.75) is 6.10 Å². The molecular weight excluding hydrogens is 268 g/mol. The molecule has 1 atom stereocenters. The van der Waals surface area contributed by atoms with Crippen LogP contribution < -0.4 is 5.32 Å². The molecule has 0 spiro atoms. The van der Waals surface area contributed by atoms with Crippen molar-refractivity contribution in [1.29, 1.82) is 0 Å². The molecule has 1 aliphatic heterocycles. The number of hydrogen-bond acceptors (Lipinski definition) is 4. The van der Waals surface area contributed by atoms with Gasteiger partial charge in [0.05, 0.1) is 19.7 Å². The molecule has 1 amide bonds. The van der Waals surface area contributed by atoms with Gasteiger partial charge in [-0.15, -0.1) is 12.4 Å². The van der Waals surface area contributed by atoms with Crippen LogP contribution in [-0.4, -0.2) is 49.2 Å². The molecule has 1 aliphatic rings. The summed E-state index contributed by atoms with van der Waals surface area (Å²) >= 11 is 0. The average Bonchev–Trinajstić information content (AvgIpc) is 2.39. The van der Waals surface area contributed by atoms with E-state index in [1.54, 1.807) is 30.1 Å². The first-order chi connectivity index (χ1) is 8.70. The van der Waals surface area contributed by atoms with E-state index in [0.29, 0.717) is 26.2 Å². The highest BCUT2D eigenvalue weighted by Crippen LogP contribution is 2.24. The van der Waals surface area contributed by atoms with Crippen LogP contribution in [-0.2, 0) is 9.53 Å². The number of amides is 1. The minimum absolute atomic E-state index is 0. The zero-order valence-electron chi connectivity index (χ0n) is 10.8. The summed E-state index contributed by atoms with van der Waals surface area (Å²) in [5.74, 6) is 0.292. The number of phenolic OH excluding ortho intramolecular Hbond substituents is 1. The van der Waals surface area contributed by atoms with Gasteiger partial charge in [0, 0.05) is 6.54 Å². The molecule has 1 heterocycles. The number of halogens is 1. The van der Waals surface area contributed by atoms with E-state index in [9.17, 15) is 9.90 Å². The first kappa shape index (κ1) is 15.8. The number of phenols is 1. The van der Waals surface area contributed by atoms with Gasteiger partial charge in [0.1, 0.15) is 11.9 Å². The lowest BCUT2D eigenvalue weighted by molar-refractivity contribution is -0.137. The predicted molar refractivity (Wildman–Crippen MR) is 74.6 cm³/mol. The molecule has 0 saturated carbocycles. The van der Waals surface area contributed by atoms with Gasteiger partial charge in [-0.2, -0.15) is 0 Å². The second-order valence-corrected chi connectivity index (χ2v) is 4.32. The summed E-state index contributed by atoms with van der Waals surface area (Å²) in [7, 11) is 1.76. The van der Waals surface area contributed by atoms with Gasteiger partial charge in [0.2, 0.25) is 5.91 Å². The van der Waals surface area contributed by atoms with Crippen molar-refractivity contribution in [3.05, 3.63) is 29.8 Å². The van der Waals surface area contributed by atoms with Crippen LogP contribution in [0.25, 0.3) is 0 Å². The van der Waals surface area contributed by atoms with Gasteiger partial charge in [0.15, 0.2) is 0 Å². The molecule has 19 heavy (non-hydrogen) atoms. The van der Waals surface area contributed by atoms with E-state index >= 15 is 0 Å². The van der Waals surface area contributed by atoms with Gasteiger partial charge in [-0.3, -0.25) is 4.79 Å². The lowest BCUT2D eigenvalue weighted by Crippen LogP contribution is -2.45. The summed E-state index contributed by atoms with van der Waals surface area (Å²) in [5.41, 5.74) is 0.900. The highest BCUT2D eigenvalue weighted by atomic mass is 35.5. The summed E-state index contributed by atoms with van der Waals surface area (Å²) in [5, 5.41) is 12.3. The molecule has 0 aliphatic carbocycles. The maximum Gasteiger partial charge on any atom is 0.236 e. The normalized spacial score (nSPS) is 18.8. The topological polar surface area (TPSA) is 61.8 Å². The van der Waals surface area contributed by atoms with Crippen molar-refractivity contribution in [2.75, 3.05) is 33.3 Å². The van der Waals surface area contributed by atoms with Crippen LogP contribution in [0.3, 0.4) is 0 Å². The molecule has 1 aromatic carbocycles. The van der Waals surface area contributed by atoms with E-state index in [2.05, 4.69) is 5.32 Å². The Morgan fingerprint density at radius 3 is 3.05 bits per heavy atom. The third-order valence-corrected chi connectivity index (χ3v) is 2.99. The predicted octanol–water partition coefficient (Wildman–Crippen LogP) is 0.933. The van der Waals surface area contributed by atoms with Gasteiger partial charge >= 0.3 is 0 Å². The Bertz CT molecular complexity index is 428. The second-order valence-electron chi connectivity index (χ2n) is 4.32. The van der Waals surface area contributed by atoms with Gasteiger partial charge in [-0.25, -0.2) is 0 Å². The molecule has 1 aromatic rings. The molecule has 0 bridgehead atoms. The standard InChI is InChI=1S/C13H18N2O3.ClH/c1-14-8-13(17)15-5-6-18-12(9-15)10-3-2-4-11(16)7-10;/h2-4,7,12,14,16H,5-6,8-9H2,1H3;1H. The Morgan fingerprint density at radius 2 is 2.37 bits per heavy atom. The van der Waals surface area contributed by atoms with Crippen LogP contribution in [0.2, 0.25) is 0 Å². The molecule has 106 valence electrons. The highest BCUT2D eigenvalue weighted by molar-refractivity contribution is 5.85. The monoisotopic (exact) mass is 286 g/mol. The van der Waals surface area contributed by atoms with Gasteiger partial charge in [0.25, 0.3) is 0 Å². The first-order valence-corrected chi connectivity index (χ1v) is 6.03. The van der Waals surface area contributed by atoms with Crippen molar-refractivity contribution in [3.63, 3.8) is 0 Å². The first-order valence-electron chi connectivity index (χ1n) is 6.03. The van der Waals surface area contributed by atoms with Crippen LogP contribution in [0, 0.1) is 0 Å². The number of aromatic hydroxyl groups is 1. The van der Waals surface area contributed by atoms with Gasteiger partial charge in [-0.05, 0) is 24.7 Å². The summed E-state index contributed by atoms with van der Waals surface area (Å²) in [6.07, 6.45) is -0.161. The lowest BCUT2D eigenvalue weighted by atomic mass is 10.1. The van der Waals surface area contributed by atoms with E-state index in [4.69, 9.17) is 4.74 Å². The second kappa shape index (κ2) is 7.33. The molecule has 6 heteroatoms. The van der Waals surface area contributed by atoms with Crippen LogP contribution in [0.5, 0.6) is 5.75 Å². The van der Waals surface area contributed by atoms with Crippen molar-refractivity contribution in [1.82, 2.24) is 10.2 Å². The Balaban J connectivity index is 0.00000180. The van der Waals surface area contributed by atoms with E-state index < -0.39 is 0 Å². The maximum atomic E-state index is 11.8. The number of morpholine rings is 1. The molecule has 1 unspecified atom stereocenters. The summed E-state index contributed by atoms with van der Waals surface area (Å²) in [6.45, 7) is 2.02. The molecule has 2 rings (SSSR count). The number of nitrogens with one attached hydrogen (secondary N) is 1. The zero-order valence-corrected chi connectivity index (χ0v) is 11.7. The van der Waals surface area contributed by atoms with Crippen LogP contribution in [0.4, 0.5) is 0 Å². The number of nitrogens with zero attached hydrogens (tertiary/aromatic N) is 1. The van der Waals surface area contributed by atoms with E-state index in [-0.39, 0.29) is 30.2 Å². The van der Waals surface area contributed by atoms with Gasteiger partial charge in [-0.1, -0.05) is 12.1 Å². The number of carbonyl (C=O) groups is 1. The van der Waals surface area contributed by atoms with Crippen LogP contribution in [0.15, 0.2) is 24.3 Å². The van der Waals surface area contributed by atoms with Crippen molar-refractivity contribution >= 4 is 18.3 Å². The fourth-order valence-electron chi connectivity index (χ4n) is 2.07. The minimum Gasteiger partial charge on any atom is -0.508 e. The van der Waals surface area contributed by atoms with E-state index in [1.807, 2.05) is 6.07 Å². The molecular formula is C13H19ClN2O3. The molecule has 2 N–H and O–H groups in total. The molecule has 1 saturated heterocycles. The number of benzene rings is 1. The Kier molecular flexibility index (Phi) is 6.08. The Morgan fingerprint density at radius 1 is 1.58 bits per heavy atom. The lowest BCUT2D eigenvalue weighted by Gasteiger charge is -2.33. The Hall–Kier alpha value is -1.30. The average molecular weight is 287 g/mol. The summed E-state index contributed by atoms with van der Waals surface area (Å²) in [6, 6.07) is 6.98. The number of rotatable bonds is 3. The van der Waals surface area contributed by atoms with Crippen molar-refractivity contribution in [3.8, 4) is 5.75 Å². The van der Waals surface area contributed by atoms with E-state index in [1.165, 1.54) is 0 Å². The fourth-order valence-corrected chi connectivity index (χ4v) is 2.07. The summed E-state index contributed by atoms with van der Waals surface area (Å²) in [4.78, 5) is 13.6. The minimum atomic E-state index is -0.161. The SMILES string of the molecule is CNCC(=O)N1CCOC(c2cccc(O)c2)C1.Cl. The third kappa shape index (κ3) is 4.09. The quantitative estimate of drug-likeness (QED) is 0.868. The highest BCUT2D eigenvalue weighted by Gasteiger charge is 2.24. The number of carbonyl (C=O) groups excluding carboxylic acids is 1. The van der Waals surface area contributed by atoms with Crippen molar-refractivity contribution in [2.24, 2.45) is 0 Å². The number of likely N-dealkylation sites (N-methyl/N-ethyl adjacent to an activating group) is 1. The number of hydrogen-bond donors (Lipinski definition) is 2. The molecule has 5 nitrogen and oxygen atoms in total. The smallest absolute Gasteiger partial charge is 0.236 e. The number of ether oxygens (including phenoxy) is 1. The molecule has 0 aromatic heterocycles. The molecule has 1 fully saturated rings. The Labute approximate surface area is 119 Å². The fraction of sp³-hybridized carbons (Fsp3) is 0.462. The largest absolute Gasteiger partial charge is 0.508 e. The zero-order chi connectivity index (χ0) is 13.0. The third-order valence-electron chi connectivity index (χ3n) is 2.99. The van der Waals surface area contributed by atoms with Crippen LogP contribution in [0.1, 0.15) is 11.7 Å². The van der Waals surface area contributed by atoms with E-state index in [0.717, 1.165) is 5.56 Å². The maximum absolute atomic E-state index is 11.8. The van der Waals surface area contributed by atoms with Crippen molar-refractivity contribution < 1.29 is 14.6 Å². The van der Waals surface area contributed by atoms with Gasteiger partial charge < -0.3 is 20.1 Å². The molecule has 0 radical (unpaired) electrons. The summed E-state index contributed by atoms with van der Waals surface area (Å²) < 4.78 is 5.65.